The number of rotatable bonds is 18. The van der Waals surface area contributed by atoms with Crippen LogP contribution in [-0.2, 0) is 9.59 Å². The lowest BCUT2D eigenvalue weighted by Gasteiger charge is -2.26. The van der Waals surface area contributed by atoms with E-state index in [2.05, 4.69) is 6.92 Å². The van der Waals surface area contributed by atoms with E-state index in [1.165, 1.54) is 83.8 Å². The largest absolute Gasteiger partial charge is 0.507 e. The Morgan fingerprint density at radius 3 is 1.90 bits per heavy atom. The quantitative estimate of drug-likeness (QED) is 0.0845. The third-order valence-electron chi connectivity index (χ3n) is 7.86. The number of phenolic OH excluding ortho intramolecular Hbond substituents is 1. The number of ketones is 1. The molecule has 0 bridgehead atoms. The number of carbonyl (C=O) groups is 2. The van der Waals surface area contributed by atoms with Crippen LogP contribution >= 0.6 is 0 Å². The van der Waals surface area contributed by atoms with E-state index in [1.54, 1.807) is 41.3 Å². The fraction of sp³-hybridized carbons (Fsp3) is 0.529. The summed E-state index contributed by atoms with van der Waals surface area (Å²) in [6.07, 6.45) is 17.4. The van der Waals surface area contributed by atoms with E-state index in [-0.39, 0.29) is 22.8 Å². The number of methoxy groups -OCH3 is 1. The van der Waals surface area contributed by atoms with E-state index in [0.29, 0.717) is 17.7 Å². The van der Waals surface area contributed by atoms with Crippen molar-refractivity contribution in [2.24, 2.45) is 0 Å². The van der Waals surface area contributed by atoms with Gasteiger partial charge in [0.15, 0.2) is 11.5 Å². The van der Waals surface area contributed by atoms with Crippen molar-refractivity contribution in [2.45, 2.75) is 103 Å². The maximum Gasteiger partial charge on any atom is 0.295 e. The average molecular weight is 550 g/mol. The van der Waals surface area contributed by atoms with Crippen LogP contribution in [0.5, 0.6) is 11.5 Å². The van der Waals surface area contributed by atoms with Gasteiger partial charge < -0.3 is 19.8 Å². The Bertz CT molecular complexity index is 1110. The highest BCUT2D eigenvalue weighted by molar-refractivity contribution is 6.46. The molecule has 0 spiro atoms. The molecule has 40 heavy (non-hydrogen) atoms. The standard InChI is InChI=1S/C34H47NO5/c1-3-4-5-6-7-8-9-10-11-12-13-14-15-19-24-35-31(27-22-23-28(36)29(25-27)40-2)30(33(38)34(35)39)32(37)26-20-17-16-18-21-26/h16-18,20-23,25,31,36-37H,3-15,19,24H2,1-2H3/t31-/m0/s1. The number of amides is 1. The van der Waals surface area contributed by atoms with Crippen LogP contribution < -0.4 is 4.74 Å². The third kappa shape index (κ3) is 8.61. The molecule has 1 aliphatic rings. The van der Waals surface area contributed by atoms with Gasteiger partial charge in [0.1, 0.15) is 5.76 Å². The molecule has 1 fully saturated rings. The molecule has 2 aromatic carbocycles. The Morgan fingerprint density at radius 2 is 1.35 bits per heavy atom. The van der Waals surface area contributed by atoms with Crippen molar-refractivity contribution >= 4 is 17.4 Å². The predicted molar refractivity (Wildman–Crippen MR) is 160 cm³/mol. The third-order valence-corrected chi connectivity index (χ3v) is 7.86. The molecule has 0 aliphatic carbocycles. The second-order valence-corrected chi connectivity index (χ2v) is 10.9. The van der Waals surface area contributed by atoms with Crippen LogP contribution in [0.1, 0.15) is 114 Å². The van der Waals surface area contributed by atoms with Crippen LogP contribution in [0.25, 0.3) is 5.76 Å². The zero-order chi connectivity index (χ0) is 28.7. The number of aromatic hydroxyl groups is 1. The second kappa shape index (κ2) is 16.7. The molecule has 6 nitrogen and oxygen atoms in total. The average Bonchev–Trinajstić information content (AvgIpc) is 3.22. The summed E-state index contributed by atoms with van der Waals surface area (Å²) in [6.45, 7) is 2.67. The minimum Gasteiger partial charge on any atom is -0.507 e. The normalized spacial score (nSPS) is 16.6. The zero-order valence-electron chi connectivity index (χ0n) is 24.4. The number of benzene rings is 2. The number of hydrogen-bond donors (Lipinski definition) is 2. The van der Waals surface area contributed by atoms with E-state index in [0.717, 1.165) is 19.3 Å². The van der Waals surface area contributed by atoms with Gasteiger partial charge in [0.25, 0.3) is 11.7 Å². The van der Waals surface area contributed by atoms with Crippen molar-refractivity contribution < 1.29 is 24.5 Å². The highest BCUT2D eigenvalue weighted by Crippen LogP contribution is 2.41. The molecule has 6 heteroatoms. The Kier molecular flexibility index (Phi) is 13.1. The van der Waals surface area contributed by atoms with Crippen LogP contribution in [0.3, 0.4) is 0 Å². The summed E-state index contributed by atoms with van der Waals surface area (Å²) in [7, 11) is 1.45. The van der Waals surface area contributed by atoms with Gasteiger partial charge in [-0.2, -0.15) is 0 Å². The summed E-state index contributed by atoms with van der Waals surface area (Å²) in [4.78, 5) is 27.9. The SMILES string of the molecule is CCCCCCCCCCCCCCCCN1C(=O)C(=O)C(=C(O)c2ccccc2)[C@@H]1c1ccc(O)c(OC)c1. The van der Waals surface area contributed by atoms with Gasteiger partial charge in [0.05, 0.1) is 18.7 Å². The maximum absolute atomic E-state index is 13.2. The molecule has 2 aromatic rings. The first-order chi connectivity index (χ1) is 19.5. The van der Waals surface area contributed by atoms with Crippen LogP contribution in [-0.4, -0.2) is 40.5 Å². The maximum atomic E-state index is 13.2. The van der Waals surface area contributed by atoms with Crippen LogP contribution in [0.2, 0.25) is 0 Å². The molecule has 1 saturated heterocycles. The van der Waals surface area contributed by atoms with Gasteiger partial charge in [-0.1, -0.05) is 127 Å². The lowest BCUT2D eigenvalue weighted by Crippen LogP contribution is -2.30. The summed E-state index contributed by atoms with van der Waals surface area (Å²) in [6, 6.07) is 12.8. The summed E-state index contributed by atoms with van der Waals surface area (Å²) >= 11 is 0. The predicted octanol–water partition coefficient (Wildman–Crippen LogP) is 8.30. The molecule has 1 amide bonds. The van der Waals surface area contributed by atoms with Gasteiger partial charge in [-0.15, -0.1) is 0 Å². The highest BCUT2D eigenvalue weighted by atomic mass is 16.5. The van der Waals surface area contributed by atoms with Crippen molar-refractivity contribution in [3.05, 3.63) is 65.2 Å². The lowest BCUT2D eigenvalue weighted by molar-refractivity contribution is -0.139. The number of Topliss-reactive ketones (excluding diaryl/α,β-unsaturated/α-hetero) is 1. The van der Waals surface area contributed by atoms with Crippen molar-refractivity contribution in [1.82, 2.24) is 4.90 Å². The number of aliphatic hydroxyl groups excluding tert-OH is 1. The minimum atomic E-state index is -0.753. The van der Waals surface area contributed by atoms with E-state index in [4.69, 9.17) is 4.74 Å². The first-order valence-electron chi connectivity index (χ1n) is 15.2. The molecule has 1 aliphatic heterocycles. The summed E-state index contributed by atoms with van der Waals surface area (Å²) in [5, 5.41) is 21.2. The molecule has 218 valence electrons. The number of nitrogens with zero attached hydrogens (tertiary/aromatic N) is 1. The summed E-state index contributed by atoms with van der Waals surface area (Å²) < 4.78 is 5.28. The Labute approximate surface area is 240 Å². The molecule has 0 radical (unpaired) electrons. The van der Waals surface area contributed by atoms with Gasteiger partial charge in [-0.05, 0) is 24.1 Å². The number of phenols is 1. The van der Waals surface area contributed by atoms with Gasteiger partial charge in [-0.25, -0.2) is 0 Å². The van der Waals surface area contributed by atoms with Gasteiger partial charge in [0.2, 0.25) is 0 Å². The van der Waals surface area contributed by atoms with Gasteiger partial charge >= 0.3 is 0 Å². The molecular weight excluding hydrogens is 502 g/mol. The smallest absolute Gasteiger partial charge is 0.295 e. The van der Waals surface area contributed by atoms with Crippen molar-refractivity contribution in [1.29, 1.82) is 0 Å². The molecule has 1 atom stereocenters. The van der Waals surface area contributed by atoms with Gasteiger partial charge in [0, 0.05) is 12.1 Å². The van der Waals surface area contributed by atoms with Crippen LogP contribution in [0, 0.1) is 0 Å². The monoisotopic (exact) mass is 549 g/mol. The molecule has 0 unspecified atom stereocenters. The number of ether oxygens (including phenoxy) is 1. The highest BCUT2D eigenvalue weighted by Gasteiger charge is 2.46. The molecular formula is C34H47NO5. The Balaban J connectivity index is 1.57. The van der Waals surface area contributed by atoms with E-state index in [9.17, 15) is 19.8 Å². The lowest BCUT2D eigenvalue weighted by atomic mass is 9.95. The van der Waals surface area contributed by atoms with E-state index in [1.807, 2.05) is 6.07 Å². The van der Waals surface area contributed by atoms with Crippen LogP contribution in [0.4, 0.5) is 0 Å². The van der Waals surface area contributed by atoms with Crippen molar-refractivity contribution in [2.75, 3.05) is 13.7 Å². The number of carbonyl (C=O) groups excluding carboxylic acids is 2. The molecule has 0 aromatic heterocycles. The fourth-order valence-corrected chi connectivity index (χ4v) is 5.55. The second-order valence-electron chi connectivity index (χ2n) is 10.9. The summed E-state index contributed by atoms with van der Waals surface area (Å²) in [5.41, 5.74) is 1.15. The minimum absolute atomic E-state index is 0.0294. The van der Waals surface area contributed by atoms with Crippen molar-refractivity contribution in [3.8, 4) is 11.5 Å². The molecule has 2 N–H and O–H groups in total. The Morgan fingerprint density at radius 1 is 0.800 bits per heavy atom. The zero-order valence-corrected chi connectivity index (χ0v) is 24.4. The van der Waals surface area contributed by atoms with E-state index >= 15 is 0 Å². The first-order valence-corrected chi connectivity index (χ1v) is 15.2. The first kappa shape index (κ1) is 31.3. The number of likely N-dealkylation sites (tertiary alicyclic amines) is 1. The van der Waals surface area contributed by atoms with Crippen molar-refractivity contribution in [3.63, 3.8) is 0 Å². The van der Waals surface area contributed by atoms with E-state index < -0.39 is 17.7 Å². The topological polar surface area (TPSA) is 87.1 Å². The van der Waals surface area contributed by atoms with Gasteiger partial charge in [-0.3, -0.25) is 9.59 Å². The molecule has 1 heterocycles. The fourth-order valence-electron chi connectivity index (χ4n) is 5.55. The number of aliphatic hydroxyl groups is 1. The number of unbranched alkanes of at least 4 members (excludes halogenated alkanes) is 13. The number of hydrogen-bond acceptors (Lipinski definition) is 5. The summed E-state index contributed by atoms with van der Waals surface area (Å²) in [5.74, 6) is -1.27. The van der Waals surface area contributed by atoms with Crippen LogP contribution in [0.15, 0.2) is 54.1 Å². The Hall–Kier alpha value is -3.28. The molecule has 0 saturated carbocycles. The molecule has 3 rings (SSSR count).